The van der Waals surface area contributed by atoms with E-state index >= 15 is 4.39 Å². The van der Waals surface area contributed by atoms with Crippen molar-refractivity contribution in [2.45, 2.75) is 77.6 Å². The largest absolute Gasteiger partial charge is 0.205 e. The summed E-state index contributed by atoms with van der Waals surface area (Å²) in [4.78, 5) is 0. The molecule has 0 unspecified atom stereocenters. The zero-order chi connectivity index (χ0) is 22.3. The Morgan fingerprint density at radius 3 is 2.34 bits per heavy atom. The van der Waals surface area contributed by atoms with Gasteiger partial charge in [-0.25, -0.2) is 4.39 Å². The van der Waals surface area contributed by atoms with Gasteiger partial charge in [0.05, 0.1) is 5.56 Å². The summed E-state index contributed by atoms with van der Waals surface area (Å²) in [5.41, 5.74) is 4.05. The number of fused-ring (bicyclic) bond motifs is 1. The minimum Gasteiger partial charge on any atom is -0.205 e. The van der Waals surface area contributed by atoms with Crippen LogP contribution in [0.4, 0.5) is 4.39 Å². The summed E-state index contributed by atoms with van der Waals surface area (Å²) in [5.74, 6) is 7.48. The molecule has 1 heteroatoms. The van der Waals surface area contributed by atoms with E-state index in [1.807, 2.05) is 30.3 Å². The first-order chi connectivity index (χ1) is 15.7. The molecule has 0 nitrogen and oxygen atoms in total. The average Bonchev–Trinajstić information content (AvgIpc) is 2.84. The molecule has 0 amide bonds. The molecule has 4 rings (SSSR count). The average molecular weight is 427 g/mol. The Balaban J connectivity index is 1.46. The van der Waals surface area contributed by atoms with Gasteiger partial charge in [-0.05, 0) is 78.7 Å². The van der Waals surface area contributed by atoms with E-state index in [1.165, 1.54) is 62.5 Å². The Morgan fingerprint density at radius 1 is 0.844 bits per heavy atom. The number of halogens is 1. The summed E-state index contributed by atoms with van der Waals surface area (Å²) in [6.07, 6.45) is 11.7. The van der Waals surface area contributed by atoms with Crippen molar-refractivity contribution >= 4 is 10.8 Å². The molecule has 0 aromatic heterocycles. The quantitative estimate of drug-likeness (QED) is 0.273. The molecule has 0 N–H and O–H groups in total. The van der Waals surface area contributed by atoms with E-state index in [1.54, 1.807) is 0 Å². The SMILES string of the molecule is CCCCCC1CCC(c2ccc3c(F)c(C#Cc4ccc(CC)cc4)ccc3c2)CC1. The zero-order valence-electron chi connectivity index (χ0n) is 19.6. The number of benzene rings is 3. The first kappa shape index (κ1) is 22.6. The Morgan fingerprint density at radius 2 is 1.62 bits per heavy atom. The fourth-order valence-corrected chi connectivity index (χ4v) is 5.09. The third kappa shape index (κ3) is 5.42. The van der Waals surface area contributed by atoms with Crippen LogP contribution in [-0.4, -0.2) is 0 Å². The second-order valence-corrected chi connectivity index (χ2v) is 9.42. The van der Waals surface area contributed by atoms with Crippen molar-refractivity contribution in [3.63, 3.8) is 0 Å². The van der Waals surface area contributed by atoms with Crippen molar-refractivity contribution in [1.29, 1.82) is 0 Å². The van der Waals surface area contributed by atoms with Gasteiger partial charge >= 0.3 is 0 Å². The maximum atomic E-state index is 15.2. The predicted molar refractivity (Wildman–Crippen MR) is 135 cm³/mol. The lowest BCUT2D eigenvalue weighted by Crippen LogP contribution is -2.13. The van der Waals surface area contributed by atoms with E-state index in [-0.39, 0.29) is 5.82 Å². The highest BCUT2D eigenvalue weighted by Crippen LogP contribution is 2.38. The maximum absolute atomic E-state index is 15.2. The maximum Gasteiger partial charge on any atom is 0.146 e. The fraction of sp³-hybridized carbons (Fsp3) is 0.419. The summed E-state index contributed by atoms with van der Waals surface area (Å²) in [6, 6.07) is 18.4. The Labute approximate surface area is 193 Å². The first-order valence-corrected chi connectivity index (χ1v) is 12.5. The van der Waals surface area contributed by atoms with Gasteiger partial charge in [0.15, 0.2) is 0 Å². The van der Waals surface area contributed by atoms with Crippen molar-refractivity contribution in [2.75, 3.05) is 0 Å². The number of hydrogen-bond donors (Lipinski definition) is 0. The molecule has 0 heterocycles. The van der Waals surface area contributed by atoms with Crippen LogP contribution >= 0.6 is 0 Å². The van der Waals surface area contributed by atoms with Crippen LogP contribution in [-0.2, 0) is 6.42 Å². The monoisotopic (exact) mass is 426 g/mol. The normalized spacial score (nSPS) is 18.3. The van der Waals surface area contributed by atoms with Crippen molar-refractivity contribution in [2.24, 2.45) is 5.92 Å². The lowest BCUT2D eigenvalue weighted by Gasteiger charge is -2.29. The Kier molecular flexibility index (Phi) is 7.64. The van der Waals surface area contributed by atoms with E-state index in [9.17, 15) is 0 Å². The van der Waals surface area contributed by atoms with Crippen LogP contribution in [0.3, 0.4) is 0 Å². The molecule has 3 aromatic rings. The Hall–Kier alpha value is -2.59. The van der Waals surface area contributed by atoms with Gasteiger partial charge in [-0.3, -0.25) is 0 Å². The van der Waals surface area contributed by atoms with E-state index in [0.717, 1.165) is 23.3 Å². The van der Waals surface area contributed by atoms with E-state index < -0.39 is 0 Å². The van der Waals surface area contributed by atoms with Gasteiger partial charge in [-0.2, -0.15) is 0 Å². The molecule has 3 aromatic carbocycles. The second-order valence-electron chi connectivity index (χ2n) is 9.42. The molecule has 1 aliphatic rings. The van der Waals surface area contributed by atoms with Crippen molar-refractivity contribution < 1.29 is 4.39 Å². The molecule has 0 aliphatic heterocycles. The molecule has 1 fully saturated rings. The molecule has 0 atom stereocenters. The minimum absolute atomic E-state index is 0.202. The predicted octanol–water partition coefficient (Wildman–Crippen LogP) is 8.80. The van der Waals surface area contributed by atoms with Crippen LogP contribution in [0.2, 0.25) is 0 Å². The summed E-state index contributed by atoms with van der Waals surface area (Å²) in [5, 5.41) is 1.66. The highest BCUT2D eigenvalue weighted by atomic mass is 19.1. The summed E-state index contributed by atoms with van der Waals surface area (Å²) >= 11 is 0. The fourth-order valence-electron chi connectivity index (χ4n) is 5.09. The topological polar surface area (TPSA) is 0 Å². The molecule has 1 saturated carbocycles. The van der Waals surface area contributed by atoms with Crippen LogP contribution in [0.25, 0.3) is 10.8 Å². The molecular formula is C31H35F. The molecule has 0 bridgehead atoms. The summed E-state index contributed by atoms with van der Waals surface area (Å²) in [7, 11) is 0. The Bertz CT molecular complexity index is 1090. The van der Waals surface area contributed by atoms with Crippen LogP contribution in [0.1, 0.15) is 93.4 Å². The summed E-state index contributed by atoms with van der Waals surface area (Å²) < 4.78 is 15.2. The molecule has 0 saturated heterocycles. The van der Waals surface area contributed by atoms with Crippen LogP contribution in [0.15, 0.2) is 54.6 Å². The van der Waals surface area contributed by atoms with Crippen LogP contribution in [0.5, 0.6) is 0 Å². The van der Waals surface area contributed by atoms with Gasteiger partial charge in [0.25, 0.3) is 0 Å². The number of unbranched alkanes of at least 4 members (excludes halogenated alkanes) is 2. The van der Waals surface area contributed by atoms with Gasteiger partial charge in [0.2, 0.25) is 0 Å². The minimum atomic E-state index is -0.202. The van der Waals surface area contributed by atoms with E-state index in [2.05, 4.69) is 50.0 Å². The number of hydrogen-bond acceptors (Lipinski definition) is 0. The van der Waals surface area contributed by atoms with Crippen molar-refractivity contribution in [3.8, 4) is 11.8 Å². The molecule has 0 radical (unpaired) electrons. The third-order valence-corrected chi connectivity index (χ3v) is 7.22. The molecule has 166 valence electrons. The standard InChI is InChI=1S/C31H35F/c1-3-5-6-7-24-12-15-26(16-13-24)28-20-21-30-29(22-28)19-18-27(31(30)32)17-14-25-10-8-23(4-2)9-11-25/h8-11,18-22,24,26H,3-7,12-13,15-16H2,1-2H3. The highest BCUT2D eigenvalue weighted by molar-refractivity contribution is 5.85. The van der Waals surface area contributed by atoms with Crippen LogP contribution < -0.4 is 0 Å². The van der Waals surface area contributed by atoms with Crippen molar-refractivity contribution in [1.82, 2.24) is 0 Å². The van der Waals surface area contributed by atoms with Gasteiger partial charge in [0, 0.05) is 10.9 Å². The van der Waals surface area contributed by atoms with Gasteiger partial charge in [0.1, 0.15) is 5.82 Å². The number of rotatable bonds is 6. The smallest absolute Gasteiger partial charge is 0.146 e. The van der Waals surface area contributed by atoms with Gasteiger partial charge in [-0.1, -0.05) is 87.8 Å². The second kappa shape index (κ2) is 10.8. The molecular weight excluding hydrogens is 391 g/mol. The third-order valence-electron chi connectivity index (χ3n) is 7.22. The van der Waals surface area contributed by atoms with Crippen molar-refractivity contribution in [3.05, 3.63) is 82.7 Å². The van der Waals surface area contributed by atoms with E-state index in [4.69, 9.17) is 0 Å². The molecule has 1 aliphatic carbocycles. The zero-order valence-corrected chi connectivity index (χ0v) is 19.6. The molecule has 32 heavy (non-hydrogen) atoms. The van der Waals surface area contributed by atoms with E-state index in [0.29, 0.717) is 16.9 Å². The molecule has 0 spiro atoms. The lowest BCUT2D eigenvalue weighted by molar-refractivity contribution is 0.303. The summed E-state index contributed by atoms with van der Waals surface area (Å²) in [6.45, 7) is 4.41. The first-order valence-electron chi connectivity index (χ1n) is 12.5. The highest BCUT2D eigenvalue weighted by Gasteiger charge is 2.22. The van der Waals surface area contributed by atoms with Gasteiger partial charge in [-0.15, -0.1) is 0 Å². The van der Waals surface area contributed by atoms with Crippen LogP contribution in [0, 0.1) is 23.6 Å². The number of aryl methyl sites for hydroxylation is 1. The van der Waals surface area contributed by atoms with Gasteiger partial charge < -0.3 is 0 Å². The lowest BCUT2D eigenvalue weighted by atomic mass is 9.77.